The molecule has 0 atom stereocenters. The zero-order valence-electron chi connectivity index (χ0n) is 6.15. The zero-order chi connectivity index (χ0) is 9.30. The predicted octanol–water partition coefficient (Wildman–Crippen LogP) is 1.14. The lowest BCUT2D eigenvalue weighted by molar-refractivity contribution is -0.626. The number of hydrogen-bond donors (Lipinski definition) is 0. The summed E-state index contributed by atoms with van der Waals surface area (Å²) in [6.45, 7) is 1.53. The molecule has 0 fully saturated rings. The molecular formula is C6H5IN2O3. The van der Waals surface area contributed by atoms with Crippen LogP contribution in [0.3, 0.4) is 0 Å². The third-order valence-corrected chi connectivity index (χ3v) is 2.10. The average Bonchev–Trinajstić information content (AvgIpc) is 1.99. The van der Waals surface area contributed by atoms with E-state index in [0.29, 0.717) is 14.1 Å². The van der Waals surface area contributed by atoms with Crippen LogP contribution in [-0.4, -0.2) is 4.92 Å². The van der Waals surface area contributed by atoms with Crippen LogP contribution in [0.5, 0.6) is 0 Å². The maximum Gasteiger partial charge on any atom is 0.282 e. The Morgan fingerprint density at radius 2 is 2.17 bits per heavy atom. The summed E-state index contributed by atoms with van der Waals surface area (Å²) < 4.78 is 0.951. The van der Waals surface area contributed by atoms with Crippen molar-refractivity contribution in [3.63, 3.8) is 0 Å². The molecular weight excluding hydrogens is 275 g/mol. The Labute approximate surface area is 81.9 Å². The minimum atomic E-state index is -0.519. The van der Waals surface area contributed by atoms with Crippen molar-refractivity contribution in [3.8, 4) is 0 Å². The highest BCUT2D eigenvalue weighted by Gasteiger charge is 2.14. The first-order chi connectivity index (χ1) is 5.52. The van der Waals surface area contributed by atoms with Gasteiger partial charge < -0.3 is 5.21 Å². The molecule has 64 valence electrons. The molecule has 0 aliphatic heterocycles. The minimum Gasteiger partial charge on any atom is -0.618 e. The van der Waals surface area contributed by atoms with Crippen molar-refractivity contribution >= 4 is 28.3 Å². The number of halogens is 1. The number of rotatable bonds is 1. The van der Waals surface area contributed by atoms with Crippen molar-refractivity contribution in [2.75, 3.05) is 0 Å². The van der Waals surface area contributed by atoms with E-state index in [1.807, 2.05) is 0 Å². The summed E-state index contributed by atoms with van der Waals surface area (Å²) >= 11 is 1.75. The van der Waals surface area contributed by atoms with Gasteiger partial charge in [0, 0.05) is 29.5 Å². The lowest BCUT2D eigenvalue weighted by Crippen LogP contribution is -2.33. The van der Waals surface area contributed by atoms with E-state index in [1.54, 1.807) is 22.6 Å². The third kappa shape index (κ3) is 1.63. The van der Waals surface area contributed by atoms with E-state index >= 15 is 0 Å². The van der Waals surface area contributed by atoms with Crippen LogP contribution in [0.2, 0.25) is 0 Å². The number of nitrogens with zero attached hydrogens (tertiary/aromatic N) is 2. The van der Waals surface area contributed by atoms with Gasteiger partial charge in [0.25, 0.3) is 9.39 Å². The number of aromatic nitrogens is 1. The molecule has 1 heterocycles. The first kappa shape index (κ1) is 9.17. The fraction of sp³-hybridized carbons (Fsp3) is 0.167. The monoisotopic (exact) mass is 280 g/mol. The second kappa shape index (κ2) is 3.21. The van der Waals surface area contributed by atoms with Crippen LogP contribution in [0, 0.1) is 25.9 Å². The quantitative estimate of drug-likeness (QED) is 0.193. The topological polar surface area (TPSA) is 70.1 Å². The summed E-state index contributed by atoms with van der Waals surface area (Å²) in [4.78, 5) is 9.79. The molecule has 0 aliphatic carbocycles. The van der Waals surface area contributed by atoms with Gasteiger partial charge in [-0.25, -0.2) is 0 Å². The number of aryl methyl sites for hydroxylation is 1. The molecule has 0 unspecified atom stereocenters. The van der Waals surface area contributed by atoms with Crippen LogP contribution in [0.1, 0.15) is 5.69 Å². The van der Waals surface area contributed by atoms with Crippen molar-refractivity contribution in [1.82, 2.24) is 0 Å². The summed E-state index contributed by atoms with van der Waals surface area (Å²) in [5, 5.41) is 21.3. The maximum absolute atomic E-state index is 11.0. The molecule has 0 aliphatic rings. The minimum absolute atomic E-state index is 0.0519. The second-order valence-electron chi connectivity index (χ2n) is 2.23. The Morgan fingerprint density at radius 1 is 1.58 bits per heavy atom. The molecule has 0 bridgehead atoms. The van der Waals surface area contributed by atoms with Gasteiger partial charge in [-0.3, -0.25) is 10.1 Å². The molecule has 0 spiro atoms. The molecule has 0 radical (unpaired) electrons. The highest BCUT2D eigenvalue weighted by molar-refractivity contribution is 14.1. The number of hydrogen-bond acceptors (Lipinski definition) is 3. The Bertz CT molecular complexity index is 317. The van der Waals surface area contributed by atoms with Crippen molar-refractivity contribution in [1.29, 1.82) is 0 Å². The van der Waals surface area contributed by atoms with E-state index in [2.05, 4.69) is 0 Å². The standard InChI is InChI=1S/C6H5IN2O3/c1-4-2-5(9(11)12)3-6(7)8(4)10/h2-3H,1H3. The van der Waals surface area contributed by atoms with Crippen LogP contribution in [0.15, 0.2) is 12.1 Å². The second-order valence-corrected chi connectivity index (χ2v) is 3.33. The molecule has 0 amide bonds. The van der Waals surface area contributed by atoms with E-state index in [9.17, 15) is 15.3 Å². The Morgan fingerprint density at radius 3 is 2.58 bits per heavy atom. The van der Waals surface area contributed by atoms with E-state index in [-0.39, 0.29) is 5.69 Å². The van der Waals surface area contributed by atoms with Gasteiger partial charge >= 0.3 is 0 Å². The first-order valence-corrected chi connectivity index (χ1v) is 4.14. The summed E-state index contributed by atoms with van der Waals surface area (Å²) in [6, 6.07) is 2.48. The first-order valence-electron chi connectivity index (χ1n) is 3.06. The van der Waals surface area contributed by atoms with Gasteiger partial charge in [-0.05, 0) is 0 Å². The van der Waals surface area contributed by atoms with Crippen molar-refractivity contribution < 1.29 is 9.65 Å². The predicted molar refractivity (Wildman–Crippen MR) is 49.5 cm³/mol. The zero-order valence-corrected chi connectivity index (χ0v) is 8.31. The van der Waals surface area contributed by atoms with Gasteiger partial charge in [0.1, 0.15) is 0 Å². The fourth-order valence-electron chi connectivity index (χ4n) is 0.769. The van der Waals surface area contributed by atoms with E-state index in [4.69, 9.17) is 0 Å². The van der Waals surface area contributed by atoms with Crippen LogP contribution < -0.4 is 4.73 Å². The van der Waals surface area contributed by atoms with Gasteiger partial charge in [-0.2, -0.15) is 4.73 Å². The summed E-state index contributed by atoms with van der Waals surface area (Å²) in [6.07, 6.45) is 0. The van der Waals surface area contributed by atoms with E-state index in [1.165, 1.54) is 19.1 Å². The highest BCUT2D eigenvalue weighted by Crippen LogP contribution is 2.13. The molecule has 5 nitrogen and oxygen atoms in total. The van der Waals surface area contributed by atoms with Gasteiger partial charge in [-0.15, -0.1) is 0 Å². The van der Waals surface area contributed by atoms with Gasteiger partial charge in [0.15, 0.2) is 5.69 Å². The number of nitro groups is 1. The Hall–Kier alpha value is -0.920. The molecule has 0 saturated carbocycles. The van der Waals surface area contributed by atoms with Crippen LogP contribution >= 0.6 is 22.6 Å². The average molecular weight is 280 g/mol. The lowest BCUT2D eigenvalue weighted by atomic mass is 10.3. The lowest BCUT2D eigenvalue weighted by Gasteiger charge is -2.01. The Balaban J connectivity index is 3.31. The summed E-state index contributed by atoms with van der Waals surface area (Å²) in [5.74, 6) is 0. The Kier molecular flexibility index (Phi) is 2.46. The molecule has 0 aromatic carbocycles. The molecule has 12 heavy (non-hydrogen) atoms. The van der Waals surface area contributed by atoms with E-state index in [0.717, 1.165) is 0 Å². The van der Waals surface area contributed by atoms with Gasteiger partial charge in [-0.1, -0.05) is 0 Å². The van der Waals surface area contributed by atoms with Crippen LogP contribution in [0.25, 0.3) is 0 Å². The van der Waals surface area contributed by atoms with Crippen molar-refractivity contribution in [2.24, 2.45) is 0 Å². The van der Waals surface area contributed by atoms with E-state index < -0.39 is 4.92 Å². The fourth-order valence-corrected chi connectivity index (χ4v) is 1.47. The molecule has 0 N–H and O–H groups in total. The number of pyridine rings is 1. The third-order valence-electron chi connectivity index (χ3n) is 1.35. The highest BCUT2D eigenvalue weighted by atomic mass is 127. The molecule has 6 heteroatoms. The maximum atomic E-state index is 11.0. The molecule has 1 aromatic rings. The van der Waals surface area contributed by atoms with Crippen molar-refractivity contribution in [3.05, 3.63) is 36.8 Å². The van der Waals surface area contributed by atoms with Gasteiger partial charge in [0.2, 0.25) is 0 Å². The summed E-state index contributed by atoms with van der Waals surface area (Å²) in [7, 11) is 0. The molecule has 1 aromatic heterocycles. The normalized spacial score (nSPS) is 9.83. The largest absolute Gasteiger partial charge is 0.618 e. The van der Waals surface area contributed by atoms with Crippen LogP contribution in [0.4, 0.5) is 5.69 Å². The van der Waals surface area contributed by atoms with Gasteiger partial charge in [0.05, 0.1) is 17.1 Å². The molecule has 0 saturated heterocycles. The SMILES string of the molecule is Cc1cc([N+](=O)[O-])cc(I)[n+]1[O-]. The summed E-state index contributed by atoms with van der Waals surface area (Å²) in [5.41, 5.74) is 0.276. The van der Waals surface area contributed by atoms with Crippen LogP contribution in [-0.2, 0) is 0 Å². The van der Waals surface area contributed by atoms with Crippen molar-refractivity contribution in [2.45, 2.75) is 6.92 Å². The molecule has 1 rings (SSSR count). The smallest absolute Gasteiger partial charge is 0.282 e.